The third-order valence-electron chi connectivity index (χ3n) is 1.83. The lowest BCUT2D eigenvalue weighted by Crippen LogP contribution is -1.98. The van der Waals surface area contributed by atoms with Crippen LogP contribution < -0.4 is 0 Å². The number of hydrogen-bond acceptors (Lipinski definition) is 1. The lowest BCUT2D eigenvalue weighted by molar-refractivity contribution is 0.547. The molecule has 1 unspecified atom stereocenters. The number of allylic oxidation sites excluding steroid dienone is 1. The zero-order valence-corrected chi connectivity index (χ0v) is 7.11. The van der Waals surface area contributed by atoms with Gasteiger partial charge in [0.1, 0.15) is 5.94 Å². The minimum absolute atomic E-state index is 0.437. The van der Waals surface area contributed by atoms with Crippen LogP contribution in [-0.2, 0) is 4.79 Å². The first kappa shape index (κ1) is 9.45. The van der Waals surface area contributed by atoms with Gasteiger partial charge in [-0.15, -0.1) is 0 Å². The molecule has 0 aromatic heterocycles. The quantitative estimate of drug-likeness (QED) is 0.548. The van der Waals surface area contributed by atoms with Crippen molar-refractivity contribution in [3.63, 3.8) is 0 Å². The molecule has 0 radical (unpaired) electrons. The predicted octanol–water partition coefficient (Wildman–Crippen LogP) is 2.59. The summed E-state index contributed by atoms with van der Waals surface area (Å²) >= 11 is 0. The summed E-state index contributed by atoms with van der Waals surface area (Å²) in [7, 11) is 0. The molecule has 0 fully saturated rings. The molecule has 0 aliphatic heterocycles. The zero-order valence-electron chi connectivity index (χ0n) is 7.11. The van der Waals surface area contributed by atoms with Crippen LogP contribution >= 0.6 is 0 Å². The first-order valence-corrected chi connectivity index (χ1v) is 4.00. The maximum Gasteiger partial charge on any atom is 0.123 e. The van der Waals surface area contributed by atoms with Crippen LogP contribution in [0, 0.1) is 5.92 Å². The molecule has 0 N–H and O–H groups in total. The molecule has 0 spiro atoms. The first-order valence-electron chi connectivity index (χ1n) is 4.00. The molecule has 58 valence electrons. The van der Waals surface area contributed by atoms with Gasteiger partial charge in [0.05, 0.1) is 0 Å². The van der Waals surface area contributed by atoms with Crippen LogP contribution in [0.3, 0.4) is 0 Å². The smallest absolute Gasteiger partial charge is 0.123 e. The topological polar surface area (TPSA) is 17.1 Å². The lowest BCUT2D eigenvalue weighted by Gasteiger charge is -2.07. The van der Waals surface area contributed by atoms with E-state index < -0.39 is 0 Å². The van der Waals surface area contributed by atoms with E-state index in [0.717, 1.165) is 24.8 Å². The summed E-state index contributed by atoms with van der Waals surface area (Å²) in [4.78, 5) is 10.3. The van der Waals surface area contributed by atoms with E-state index in [2.05, 4.69) is 13.8 Å². The van der Waals surface area contributed by atoms with Crippen molar-refractivity contribution < 1.29 is 4.79 Å². The zero-order chi connectivity index (χ0) is 7.98. The minimum atomic E-state index is 0.437. The van der Waals surface area contributed by atoms with E-state index >= 15 is 0 Å². The van der Waals surface area contributed by atoms with Crippen molar-refractivity contribution in [2.24, 2.45) is 5.92 Å². The molecule has 0 saturated heterocycles. The molecule has 1 heteroatoms. The van der Waals surface area contributed by atoms with Crippen molar-refractivity contribution >= 4 is 5.94 Å². The van der Waals surface area contributed by atoms with Gasteiger partial charge in [0.15, 0.2) is 0 Å². The van der Waals surface area contributed by atoms with Crippen molar-refractivity contribution in [1.29, 1.82) is 0 Å². The van der Waals surface area contributed by atoms with E-state index in [9.17, 15) is 4.79 Å². The average Bonchev–Trinajstić information content (AvgIpc) is 1.91. The van der Waals surface area contributed by atoms with Gasteiger partial charge in [-0.2, -0.15) is 0 Å². The van der Waals surface area contributed by atoms with E-state index in [-0.39, 0.29) is 0 Å². The Morgan fingerprint density at radius 1 is 1.50 bits per heavy atom. The Kier molecular flexibility index (Phi) is 4.96. The van der Waals surface area contributed by atoms with Gasteiger partial charge >= 0.3 is 0 Å². The number of rotatable bonds is 4. The summed E-state index contributed by atoms with van der Waals surface area (Å²) in [6, 6.07) is 0. The molecule has 10 heavy (non-hydrogen) atoms. The molecule has 0 aromatic rings. The van der Waals surface area contributed by atoms with Crippen LogP contribution in [0.25, 0.3) is 0 Å². The van der Waals surface area contributed by atoms with Crippen molar-refractivity contribution in [2.75, 3.05) is 0 Å². The standard InChI is InChI=1S/C9H16O/c1-4-6-8(3)9(5-2)7-10/h8H,4-6H2,1-3H3. The number of carbonyl (C=O) groups excluding carboxylic acids is 1. The van der Waals surface area contributed by atoms with Crippen molar-refractivity contribution in [3.05, 3.63) is 5.57 Å². The SMILES string of the molecule is CCCC(C)C(=C=O)CC. The molecule has 0 rings (SSSR count). The van der Waals surface area contributed by atoms with Gasteiger partial charge in [-0.05, 0) is 18.8 Å². The summed E-state index contributed by atoms with van der Waals surface area (Å²) in [5.41, 5.74) is 0.932. The maximum absolute atomic E-state index is 10.3. The second-order valence-corrected chi connectivity index (χ2v) is 2.67. The van der Waals surface area contributed by atoms with Gasteiger partial charge < -0.3 is 0 Å². The third kappa shape index (κ3) is 2.84. The second-order valence-electron chi connectivity index (χ2n) is 2.67. The van der Waals surface area contributed by atoms with E-state index in [1.54, 1.807) is 0 Å². The monoisotopic (exact) mass is 140 g/mol. The van der Waals surface area contributed by atoms with Crippen LogP contribution in [-0.4, -0.2) is 5.94 Å². The van der Waals surface area contributed by atoms with Crippen LogP contribution in [0.1, 0.15) is 40.0 Å². The van der Waals surface area contributed by atoms with Gasteiger partial charge in [-0.1, -0.05) is 27.2 Å². The fraction of sp³-hybridized carbons (Fsp3) is 0.778. The molecule has 0 amide bonds. The van der Waals surface area contributed by atoms with E-state index in [1.807, 2.05) is 12.9 Å². The highest BCUT2D eigenvalue weighted by Crippen LogP contribution is 2.15. The highest BCUT2D eigenvalue weighted by atomic mass is 16.1. The Balaban J connectivity index is 3.90. The van der Waals surface area contributed by atoms with E-state index in [0.29, 0.717) is 5.92 Å². The Bertz CT molecular complexity index is 132. The van der Waals surface area contributed by atoms with Crippen molar-refractivity contribution in [1.82, 2.24) is 0 Å². The fourth-order valence-electron chi connectivity index (χ4n) is 1.13. The second kappa shape index (κ2) is 5.25. The summed E-state index contributed by atoms with van der Waals surface area (Å²) < 4.78 is 0. The summed E-state index contributed by atoms with van der Waals surface area (Å²) in [6.07, 6.45) is 3.11. The van der Waals surface area contributed by atoms with E-state index in [1.165, 1.54) is 0 Å². The average molecular weight is 140 g/mol. The van der Waals surface area contributed by atoms with Gasteiger partial charge in [-0.25, -0.2) is 4.79 Å². The maximum atomic E-state index is 10.3. The predicted molar refractivity (Wildman–Crippen MR) is 43.6 cm³/mol. The molecule has 0 bridgehead atoms. The van der Waals surface area contributed by atoms with Gasteiger partial charge in [0.2, 0.25) is 0 Å². The minimum Gasteiger partial charge on any atom is -0.234 e. The summed E-state index contributed by atoms with van der Waals surface area (Å²) in [5.74, 6) is 2.44. The van der Waals surface area contributed by atoms with Crippen LogP contribution in [0.4, 0.5) is 0 Å². The highest BCUT2D eigenvalue weighted by molar-refractivity contribution is 5.52. The van der Waals surface area contributed by atoms with Crippen LogP contribution in [0.2, 0.25) is 0 Å². The lowest BCUT2D eigenvalue weighted by atomic mass is 9.96. The molecule has 1 nitrogen and oxygen atoms in total. The largest absolute Gasteiger partial charge is 0.234 e. The summed E-state index contributed by atoms with van der Waals surface area (Å²) in [6.45, 7) is 6.23. The molecule has 0 saturated carbocycles. The number of hydrogen-bond donors (Lipinski definition) is 0. The van der Waals surface area contributed by atoms with Crippen LogP contribution in [0.15, 0.2) is 5.57 Å². The Morgan fingerprint density at radius 3 is 2.40 bits per heavy atom. The molecule has 0 aliphatic carbocycles. The Morgan fingerprint density at radius 2 is 2.10 bits per heavy atom. The molecular weight excluding hydrogens is 124 g/mol. The normalized spacial score (nSPS) is 12.3. The molecular formula is C9H16O. The van der Waals surface area contributed by atoms with Crippen molar-refractivity contribution in [3.8, 4) is 0 Å². The third-order valence-corrected chi connectivity index (χ3v) is 1.83. The highest BCUT2D eigenvalue weighted by Gasteiger charge is 2.05. The molecule has 1 atom stereocenters. The van der Waals surface area contributed by atoms with Crippen LogP contribution in [0.5, 0.6) is 0 Å². The van der Waals surface area contributed by atoms with Crippen molar-refractivity contribution in [2.45, 2.75) is 40.0 Å². The van der Waals surface area contributed by atoms with Gasteiger partial charge in [0, 0.05) is 5.57 Å². The van der Waals surface area contributed by atoms with Gasteiger partial charge in [-0.3, -0.25) is 0 Å². The van der Waals surface area contributed by atoms with E-state index in [4.69, 9.17) is 0 Å². The molecule has 0 heterocycles. The Labute approximate surface area is 63.1 Å². The molecule has 0 aromatic carbocycles. The summed E-state index contributed by atoms with van der Waals surface area (Å²) in [5, 5.41) is 0. The fourth-order valence-corrected chi connectivity index (χ4v) is 1.13. The van der Waals surface area contributed by atoms with Gasteiger partial charge in [0.25, 0.3) is 0 Å². The first-order chi connectivity index (χ1) is 4.76. The Hall–Kier alpha value is -0.550. The molecule has 0 aliphatic rings.